The number of carbonyl (C=O) groups excluding carboxylic acids is 1. The van der Waals surface area contributed by atoms with Crippen molar-refractivity contribution in [2.45, 2.75) is 25.9 Å². The predicted molar refractivity (Wildman–Crippen MR) is 92.9 cm³/mol. The topological polar surface area (TPSA) is 73.4 Å². The minimum atomic E-state index is -0.517. The second kappa shape index (κ2) is 6.61. The Kier molecular flexibility index (Phi) is 4.53. The molecule has 5 nitrogen and oxygen atoms in total. The van der Waals surface area contributed by atoms with Crippen molar-refractivity contribution in [2.75, 3.05) is 13.6 Å². The van der Waals surface area contributed by atoms with Gasteiger partial charge in [0.05, 0.1) is 6.10 Å². The largest absolute Gasteiger partial charge is 0.391 e. The lowest BCUT2D eigenvalue weighted by Crippen LogP contribution is -2.37. The van der Waals surface area contributed by atoms with E-state index in [9.17, 15) is 14.7 Å². The highest BCUT2D eigenvalue weighted by Crippen LogP contribution is 2.32. The number of aromatic nitrogens is 1. The summed E-state index contributed by atoms with van der Waals surface area (Å²) in [6.07, 6.45) is 1.50. The number of aromatic amines is 1. The number of aliphatic hydroxyl groups excluding tert-OH is 1. The summed E-state index contributed by atoms with van der Waals surface area (Å²) in [5, 5.41) is 10.0. The van der Waals surface area contributed by atoms with Gasteiger partial charge in [-0.25, -0.2) is 0 Å². The van der Waals surface area contributed by atoms with E-state index in [1.165, 1.54) is 4.90 Å². The first-order valence-corrected chi connectivity index (χ1v) is 8.20. The zero-order valence-electron chi connectivity index (χ0n) is 14.0. The molecule has 0 spiro atoms. The Labute approximate surface area is 140 Å². The first-order valence-electron chi connectivity index (χ1n) is 8.20. The van der Waals surface area contributed by atoms with Crippen molar-refractivity contribution in [3.63, 3.8) is 0 Å². The quantitative estimate of drug-likeness (QED) is 0.884. The number of likely N-dealkylation sites (N-methyl/N-ethyl adjacent to an activating group) is 1. The monoisotopic (exact) mass is 326 g/mol. The Hall–Kier alpha value is -2.40. The summed E-state index contributed by atoms with van der Waals surface area (Å²) in [5.41, 5.74) is 2.20. The molecule has 1 aromatic heterocycles. The Balaban J connectivity index is 1.89. The molecule has 1 amide bonds. The number of hydrogen-bond donors (Lipinski definition) is 2. The number of rotatable bonds is 5. The molecule has 2 aromatic rings. The molecule has 3 rings (SSSR count). The number of pyridine rings is 1. The van der Waals surface area contributed by atoms with E-state index in [0.717, 1.165) is 29.7 Å². The van der Waals surface area contributed by atoms with Gasteiger partial charge in [0, 0.05) is 24.8 Å². The molecule has 24 heavy (non-hydrogen) atoms. The first-order chi connectivity index (χ1) is 11.5. The van der Waals surface area contributed by atoms with Crippen LogP contribution in [0, 0.1) is 12.8 Å². The molecule has 2 N–H and O–H groups in total. The van der Waals surface area contributed by atoms with Gasteiger partial charge in [-0.05, 0) is 37.3 Å². The van der Waals surface area contributed by atoms with Crippen LogP contribution < -0.4 is 5.56 Å². The van der Waals surface area contributed by atoms with E-state index in [0.29, 0.717) is 0 Å². The third-order valence-corrected chi connectivity index (χ3v) is 4.53. The summed E-state index contributed by atoms with van der Waals surface area (Å²) < 4.78 is 0. The summed E-state index contributed by atoms with van der Waals surface area (Å²) in [4.78, 5) is 29.1. The standard InChI is InChI=1S/C19H22N2O3/c1-12-15(13-6-4-3-5-7-13)10-16(18(23)20-12)19(24)21(2)11-17(22)14-8-9-14/h3-7,10,14,17,22H,8-9,11H2,1-2H3,(H,20,23). The van der Waals surface area contributed by atoms with Gasteiger partial charge in [0.15, 0.2) is 0 Å². The van der Waals surface area contributed by atoms with Crippen molar-refractivity contribution in [3.8, 4) is 11.1 Å². The van der Waals surface area contributed by atoms with Gasteiger partial charge in [-0.1, -0.05) is 30.3 Å². The van der Waals surface area contributed by atoms with E-state index < -0.39 is 11.7 Å². The van der Waals surface area contributed by atoms with Crippen molar-refractivity contribution in [3.05, 3.63) is 58.0 Å². The molecular weight excluding hydrogens is 304 g/mol. The van der Waals surface area contributed by atoms with E-state index in [2.05, 4.69) is 4.98 Å². The highest BCUT2D eigenvalue weighted by atomic mass is 16.3. The maximum absolute atomic E-state index is 12.6. The Bertz CT molecular complexity index is 794. The van der Waals surface area contributed by atoms with Crippen LogP contribution in [-0.4, -0.2) is 40.6 Å². The van der Waals surface area contributed by atoms with Crippen LogP contribution in [0.2, 0.25) is 0 Å². The van der Waals surface area contributed by atoms with E-state index >= 15 is 0 Å². The van der Waals surface area contributed by atoms with E-state index in [4.69, 9.17) is 0 Å². The van der Waals surface area contributed by atoms with Gasteiger partial charge in [-0.2, -0.15) is 0 Å². The predicted octanol–water partition coefficient (Wildman–Crippen LogP) is 2.19. The van der Waals surface area contributed by atoms with Crippen LogP contribution in [0.15, 0.2) is 41.2 Å². The summed E-state index contributed by atoms with van der Waals surface area (Å²) >= 11 is 0. The minimum Gasteiger partial charge on any atom is -0.391 e. The lowest BCUT2D eigenvalue weighted by molar-refractivity contribution is 0.0644. The second-order valence-corrected chi connectivity index (χ2v) is 6.51. The number of H-pyrrole nitrogens is 1. The van der Waals surface area contributed by atoms with E-state index in [-0.39, 0.29) is 23.9 Å². The average Bonchev–Trinajstić information content (AvgIpc) is 3.40. The lowest BCUT2D eigenvalue weighted by atomic mass is 10.0. The van der Waals surface area contributed by atoms with Crippen molar-refractivity contribution in [1.29, 1.82) is 0 Å². The van der Waals surface area contributed by atoms with Crippen molar-refractivity contribution < 1.29 is 9.90 Å². The number of nitrogens with one attached hydrogen (secondary N) is 1. The molecule has 1 saturated carbocycles. The van der Waals surface area contributed by atoms with Crippen LogP contribution in [0.3, 0.4) is 0 Å². The first kappa shape index (κ1) is 16.5. The minimum absolute atomic E-state index is 0.102. The highest BCUT2D eigenvalue weighted by Gasteiger charge is 2.31. The van der Waals surface area contributed by atoms with Gasteiger partial charge in [0.2, 0.25) is 0 Å². The van der Waals surface area contributed by atoms with Crippen LogP contribution in [0.4, 0.5) is 0 Å². The van der Waals surface area contributed by atoms with Crippen LogP contribution in [0.5, 0.6) is 0 Å². The molecule has 1 fully saturated rings. The van der Waals surface area contributed by atoms with Crippen molar-refractivity contribution in [1.82, 2.24) is 9.88 Å². The summed E-state index contributed by atoms with van der Waals surface area (Å²) in [6, 6.07) is 11.3. The fourth-order valence-electron chi connectivity index (χ4n) is 2.90. The molecule has 5 heteroatoms. The Morgan fingerprint density at radius 3 is 2.62 bits per heavy atom. The molecule has 0 bridgehead atoms. The van der Waals surface area contributed by atoms with Crippen molar-refractivity contribution in [2.24, 2.45) is 5.92 Å². The second-order valence-electron chi connectivity index (χ2n) is 6.51. The molecule has 0 aliphatic heterocycles. The number of aryl methyl sites for hydroxylation is 1. The zero-order chi connectivity index (χ0) is 17.3. The molecule has 1 heterocycles. The van der Waals surface area contributed by atoms with E-state index in [1.807, 2.05) is 37.3 Å². The van der Waals surface area contributed by atoms with Crippen LogP contribution >= 0.6 is 0 Å². The molecular formula is C19H22N2O3. The maximum Gasteiger partial charge on any atom is 0.261 e. The van der Waals surface area contributed by atoms with Gasteiger partial charge in [0.1, 0.15) is 5.56 Å². The zero-order valence-corrected chi connectivity index (χ0v) is 14.0. The lowest BCUT2D eigenvalue weighted by Gasteiger charge is -2.21. The SMILES string of the molecule is Cc1[nH]c(=O)c(C(=O)N(C)CC(O)C2CC2)cc1-c1ccccc1. The van der Waals surface area contributed by atoms with Crippen LogP contribution in [-0.2, 0) is 0 Å². The summed E-state index contributed by atoms with van der Waals surface area (Å²) in [5.74, 6) is -0.0791. The number of nitrogens with zero attached hydrogens (tertiary/aromatic N) is 1. The smallest absolute Gasteiger partial charge is 0.261 e. The maximum atomic E-state index is 12.6. The Morgan fingerprint density at radius 2 is 2.00 bits per heavy atom. The normalized spacial score (nSPS) is 15.1. The molecule has 1 unspecified atom stereocenters. The summed E-state index contributed by atoms with van der Waals surface area (Å²) in [7, 11) is 1.62. The third kappa shape index (κ3) is 3.41. The molecule has 1 atom stereocenters. The van der Waals surface area contributed by atoms with Gasteiger partial charge in [0.25, 0.3) is 11.5 Å². The van der Waals surface area contributed by atoms with Crippen LogP contribution in [0.25, 0.3) is 11.1 Å². The molecule has 0 radical (unpaired) electrons. The average molecular weight is 326 g/mol. The summed E-state index contributed by atoms with van der Waals surface area (Å²) in [6.45, 7) is 2.07. The van der Waals surface area contributed by atoms with Gasteiger partial charge in [-0.15, -0.1) is 0 Å². The van der Waals surface area contributed by atoms with E-state index in [1.54, 1.807) is 13.1 Å². The van der Waals surface area contributed by atoms with Crippen molar-refractivity contribution >= 4 is 5.91 Å². The van der Waals surface area contributed by atoms with Gasteiger partial charge < -0.3 is 15.0 Å². The van der Waals surface area contributed by atoms with Gasteiger partial charge in [-0.3, -0.25) is 9.59 Å². The molecule has 0 saturated heterocycles. The van der Waals surface area contributed by atoms with Crippen LogP contribution in [0.1, 0.15) is 28.9 Å². The fourth-order valence-corrected chi connectivity index (χ4v) is 2.90. The molecule has 126 valence electrons. The molecule has 1 aliphatic carbocycles. The number of amides is 1. The number of carbonyl (C=O) groups is 1. The number of aliphatic hydroxyl groups is 1. The third-order valence-electron chi connectivity index (χ3n) is 4.53. The number of benzene rings is 1. The highest BCUT2D eigenvalue weighted by molar-refractivity contribution is 5.95. The molecule has 1 aliphatic rings. The molecule has 1 aromatic carbocycles. The Morgan fingerprint density at radius 1 is 1.33 bits per heavy atom. The fraction of sp³-hybridized carbons (Fsp3) is 0.368. The number of hydrogen-bond acceptors (Lipinski definition) is 3. The van der Waals surface area contributed by atoms with Gasteiger partial charge >= 0.3 is 0 Å².